The number of hydrogen-bond acceptors (Lipinski definition) is 3. The highest BCUT2D eigenvalue weighted by molar-refractivity contribution is 7.89. The van der Waals surface area contributed by atoms with E-state index in [-0.39, 0.29) is 17.3 Å². The van der Waals surface area contributed by atoms with E-state index in [1.165, 1.54) is 0 Å². The zero-order valence-electron chi connectivity index (χ0n) is 19.0. The molecule has 0 saturated heterocycles. The van der Waals surface area contributed by atoms with Crippen LogP contribution in [0.2, 0.25) is 0 Å². The largest absolute Gasteiger partial charge is 0.350 e. The van der Waals surface area contributed by atoms with Gasteiger partial charge >= 0.3 is 0 Å². The second-order valence-electron chi connectivity index (χ2n) is 8.94. The van der Waals surface area contributed by atoms with Crippen LogP contribution in [0.15, 0.2) is 90.0 Å². The molecule has 0 fully saturated rings. The monoisotopic (exact) mass is 484 g/mol. The molecular weight excluding hydrogens is 460 g/mol. The number of H-pyrrole nitrogens is 1. The first-order valence-electron chi connectivity index (χ1n) is 11.5. The summed E-state index contributed by atoms with van der Waals surface area (Å²) in [6, 6.07) is 23.3. The van der Waals surface area contributed by atoms with Crippen molar-refractivity contribution < 1.29 is 13.2 Å². The summed E-state index contributed by atoms with van der Waals surface area (Å²) in [6.07, 6.45) is 1.96. The third-order valence-corrected chi connectivity index (χ3v) is 8.21. The van der Waals surface area contributed by atoms with Crippen LogP contribution in [0.3, 0.4) is 0 Å². The zero-order chi connectivity index (χ0) is 24.2. The fraction of sp³-hybridized carbons (Fsp3) is 0.148. The van der Waals surface area contributed by atoms with E-state index in [1.54, 1.807) is 24.3 Å². The molecule has 1 aliphatic rings. The molecule has 3 N–H and O–H groups in total. The topological polar surface area (TPSA) is 96.0 Å². The second-order valence-corrected chi connectivity index (χ2v) is 10.7. The minimum absolute atomic E-state index is 0.137. The number of amides is 1. The van der Waals surface area contributed by atoms with Gasteiger partial charge in [0.15, 0.2) is 0 Å². The predicted molar refractivity (Wildman–Crippen MR) is 136 cm³/mol. The highest BCUT2D eigenvalue weighted by Crippen LogP contribution is 2.37. The normalized spacial score (nSPS) is 18.4. The summed E-state index contributed by atoms with van der Waals surface area (Å²) in [5, 5.41) is 4.85. The zero-order valence-corrected chi connectivity index (χ0v) is 19.8. The highest BCUT2D eigenvalue weighted by atomic mass is 32.2. The smallest absolute Gasteiger partial charge is 0.268 e. The molecule has 1 amide bonds. The number of fused-ring (bicyclic) bond motifs is 4. The fourth-order valence-electron chi connectivity index (χ4n) is 5.02. The van der Waals surface area contributed by atoms with Crippen LogP contribution in [0, 0.1) is 6.92 Å². The Morgan fingerprint density at radius 3 is 2.51 bits per heavy atom. The van der Waals surface area contributed by atoms with Gasteiger partial charge in [-0.25, -0.2) is 13.1 Å². The Hall–Kier alpha value is -3.88. The van der Waals surface area contributed by atoms with E-state index >= 15 is 0 Å². The Labute approximate surface area is 202 Å². The van der Waals surface area contributed by atoms with Crippen molar-refractivity contribution in [1.29, 1.82) is 0 Å². The van der Waals surface area contributed by atoms with E-state index in [1.807, 2.05) is 67.7 Å². The summed E-state index contributed by atoms with van der Waals surface area (Å²) in [4.78, 5) is 16.6. The molecule has 0 aliphatic carbocycles. The number of nitrogens with zero attached hydrogens (tertiary/aromatic N) is 1. The molecule has 3 heterocycles. The Morgan fingerprint density at radius 2 is 1.69 bits per heavy atom. The van der Waals surface area contributed by atoms with Crippen molar-refractivity contribution >= 4 is 37.7 Å². The Balaban J connectivity index is 1.56. The number of nitrogens with one attached hydrogen (secondary N) is 3. The molecule has 2 atom stereocenters. The molecular formula is C27H24N4O3S. The van der Waals surface area contributed by atoms with Gasteiger partial charge in [-0.1, -0.05) is 54.1 Å². The van der Waals surface area contributed by atoms with E-state index in [0.29, 0.717) is 5.69 Å². The van der Waals surface area contributed by atoms with Gasteiger partial charge in [0.05, 0.1) is 17.0 Å². The SMILES string of the molecule is Cc1ccc(S(=O)(=O)N[C@@H]2CNC(=O)c3[nH]c4ccccc4c3[C@H]2n2ccc3ccccc32)cc1. The lowest BCUT2D eigenvalue weighted by Gasteiger charge is -2.29. The van der Waals surface area contributed by atoms with E-state index in [0.717, 1.165) is 32.9 Å². The van der Waals surface area contributed by atoms with Gasteiger partial charge in [-0.2, -0.15) is 0 Å². The van der Waals surface area contributed by atoms with Crippen LogP contribution in [0.4, 0.5) is 0 Å². The minimum atomic E-state index is -3.85. The Morgan fingerprint density at radius 1 is 0.943 bits per heavy atom. The molecule has 1 aliphatic heterocycles. The molecule has 8 heteroatoms. The molecule has 176 valence electrons. The van der Waals surface area contributed by atoms with Gasteiger partial charge in [-0.05, 0) is 42.6 Å². The van der Waals surface area contributed by atoms with E-state index in [4.69, 9.17) is 0 Å². The summed E-state index contributed by atoms with van der Waals surface area (Å²) in [6.45, 7) is 2.05. The lowest BCUT2D eigenvalue weighted by atomic mass is 9.97. The van der Waals surface area contributed by atoms with E-state index < -0.39 is 22.1 Å². The lowest BCUT2D eigenvalue weighted by molar-refractivity contribution is 0.0949. The maximum Gasteiger partial charge on any atom is 0.268 e. The Bertz CT molecular complexity index is 1680. The molecule has 0 saturated carbocycles. The van der Waals surface area contributed by atoms with Crippen molar-refractivity contribution in [3.8, 4) is 0 Å². The van der Waals surface area contributed by atoms with Crippen molar-refractivity contribution in [2.45, 2.75) is 23.9 Å². The number of carbonyl (C=O) groups excluding carboxylic acids is 1. The Kier molecular flexibility index (Phi) is 5.01. The standard InChI is InChI=1S/C27H24N4O3S/c1-17-10-12-19(13-11-17)35(33,34)30-22-16-28-27(32)25-24(20-7-3-4-8-21(20)29-25)26(22)31-15-14-18-6-2-5-9-23(18)31/h2-15,22,26,29-30H,16H2,1H3,(H,28,32)/t22-,26+/m1/s1. The first-order valence-corrected chi connectivity index (χ1v) is 12.9. The summed E-state index contributed by atoms with van der Waals surface area (Å²) in [5.41, 5.74) is 3.99. The van der Waals surface area contributed by atoms with Crippen LogP contribution < -0.4 is 10.0 Å². The van der Waals surface area contributed by atoms with Gasteiger partial charge in [0.25, 0.3) is 5.91 Å². The number of benzene rings is 3. The molecule has 0 radical (unpaired) electrons. The van der Waals surface area contributed by atoms with Crippen molar-refractivity contribution in [2.24, 2.45) is 0 Å². The van der Waals surface area contributed by atoms with Crippen molar-refractivity contribution in [3.05, 3.63) is 102 Å². The number of rotatable bonds is 4. The average molecular weight is 485 g/mol. The molecule has 3 aromatic carbocycles. The number of carbonyl (C=O) groups is 1. The molecule has 35 heavy (non-hydrogen) atoms. The second kappa shape index (κ2) is 8.11. The van der Waals surface area contributed by atoms with Gasteiger partial charge in [-0.15, -0.1) is 0 Å². The van der Waals surface area contributed by atoms with Crippen LogP contribution in [0.1, 0.15) is 27.7 Å². The minimum Gasteiger partial charge on any atom is -0.350 e. The first-order chi connectivity index (χ1) is 16.9. The molecule has 0 bridgehead atoms. The summed E-state index contributed by atoms with van der Waals surface area (Å²) < 4.78 is 31.9. The van der Waals surface area contributed by atoms with Crippen LogP contribution >= 0.6 is 0 Å². The number of sulfonamides is 1. The van der Waals surface area contributed by atoms with Crippen LogP contribution in [-0.4, -0.2) is 36.5 Å². The number of aromatic amines is 1. The van der Waals surface area contributed by atoms with E-state index in [9.17, 15) is 13.2 Å². The summed E-state index contributed by atoms with van der Waals surface area (Å²) in [5.74, 6) is -0.255. The highest BCUT2D eigenvalue weighted by Gasteiger charge is 2.37. The quantitative estimate of drug-likeness (QED) is 0.358. The van der Waals surface area contributed by atoms with Gasteiger partial charge in [0, 0.05) is 34.7 Å². The molecule has 7 nitrogen and oxygen atoms in total. The number of aromatic nitrogens is 2. The molecule has 0 spiro atoms. The van der Waals surface area contributed by atoms with Crippen molar-refractivity contribution in [1.82, 2.24) is 19.6 Å². The predicted octanol–water partition coefficient (Wildman–Crippen LogP) is 4.11. The van der Waals surface area contributed by atoms with Crippen LogP contribution in [-0.2, 0) is 10.0 Å². The molecule has 0 unspecified atom stereocenters. The molecule has 2 aromatic heterocycles. The number of para-hydroxylation sites is 2. The summed E-state index contributed by atoms with van der Waals surface area (Å²) in [7, 11) is -3.85. The van der Waals surface area contributed by atoms with Gasteiger partial charge < -0.3 is 14.9 Å². The third-order valence-electron chi connectivity index (χ3n) is 6.70. The van der Waals surface area contributed by atoms with Gasteiger partial charge in [0.1, 0.15) is 5.69 Å². The maximum atomic E-state index is 13.5. The maximum absolute atomic E-state index is 13.5. The lowest BCUT2D eigenvalue weighted by Crippen LogP contribution is -2.46. The van der Waals surface area contributed by atoms with Crippen LogP contribution in [0.25, 0.3) is 21.8 Å². The first kappa shape index (κ1) is 21.6. The third kappa shape index (κ3) is 3.62. The van der Waals surface area contributed by atoms with E-state index in [2.05, 4.69) is 19.6 Å². The van der Waals surface area contributed by atoms with Gasteiger partial charge in [-0.3, -0.25) is 4.79 Å². The van der Waals surface area contributed by atoms with Gasteiger partial charge in [0.2, 0.25) is 10.0 Å². The number of aryl methyl sites for hydroxylation is 1. The summed E-state index contributed by atoms with van der Waals surface area (Å²) >= 11 is 0. The number of hydrogen-bond donors (Lipinski definition) is 3. The molecule has 6 rings (SSSR count). The van der Waals surface area contributed by atoms with Crippen molar-refractivity contribution in [2.75, 3.05) is 6.54 Å². The van der Waals surface area contributed by atoms with Crippen LogP contribution in [0.5, 0.6) is 0 Å². The average Bonchev–Trinajstić information content (AvgIpc) is 3.42. The van der Waals surface area contributed by atoms with Crippen molar-refractivity contribution in [3.63, 3.8) is 0 Å². The fourth-order valence-corrected chi connectivity index (χ4v) is 6.27. The molecule has 5 aromatic rings.